The standard InChI is InChI=1S/C22H24FN3O2/c1-15(16-2-4-18(23)5-3-16)10-20(27)12-19-11-17-13-25-22(21(17)14-24-19)26-6-8-28-9-7-26/h2-5,11,14-15H,6-10,12-13H2,1H3/t15-/m0/s1. The van der Waals surface area contributed by atoms with Crippen molar-refractivity contribution in [3.05, 3.63) is 64.7 Å². The van der Waals surface area contributed by atoms with Crippen molar-refractivity contribution in [1.82, 2.24) is 9.88 Å². The number of halogens is 1. The Hall–Kier alpha value is -2.60. The number of fused-ring (bicyclic) bond motifs is 1. The van der Waals surface area contributed by atoms with Crippen molar-refractivity contribution in [3.8, 4) is 0 Å². The summed E-state index contributed by atoms with van der Waals surface area (Å²) in [7, 11) is 0. The fourth-order valence-corrected chi connectivity index (χ4v) is 3.79. The summed E-state index contributed by atoms with van der Waals surface area (Å²) in [6, 6.07) is 8.36. The molecule has 146 valence electrons. The summed E-state index contributed by atoms with van der Waals surface area (Å²) in [6.07, 6.45) is 2.58. The van der Waals surface area contributed by atoms with E-state index in [1.165, 1.54) is 12.1 Å². The highest BCUT2D eigenvalue weighted by Crippen LogP contribution is 2.23. The van der Waals surface area contributed by atoms with Crippen molar-refractivity contribution in [2.75, 3.05) is 26.3 Å². The number of nitrogens with zero attached hydrogens (tertiary/aromatic N) is 3. The van der Waals surface area contributed by atoms with Gasteiger partial charge in [-0.3, -0.25) is 14.8 Å². The maximum absolute atomic E-state index is 13.1. The Bertz CT molecular complexity index is 889. The number of ketones is 1. The van der Waals surface area contributed by atoms with Crippen LogP contribution in [0.2, 0.25) is 0 Å². The molecule has 0 spiro atoms. The molecule has 1 aromatic carbocycles. The number of carbonyl (C=O) groups is 1. The van der Waals surface area contributed by atoms with Gasteiger partial charge in [-0.15, -0.1) is 0 Å². The number of benzene rings is 1. The number of Topliss-reactive ketones (excluding diaryl/α,β-unsaturated/α-hetero) is 1. The molecule has 0 radical (unpaired) electrons. The number of hydrogen-bond donors (Lipinski definition) is 0. The molecule has 1 fully saturated rings. The molecule has 1 atom stereocenters. The minimum atomic E-state index is -0.261. The molecule has 0 bridgehead atoms. The highest BCUT2D eigenvalue weighted by Gasteiger charge is 2.24. The number of amidine groups is 1. The Kier molecular flexibility index (Phi) is 5.48. The molecule has 4 rings (SSSR count). The van der Waals surface area contributed by atoms with Crippen molar-refractivity contribution in [1.29, 1.82) is 0 Å². The highest BCUT2D eigenvalue weighted by atomic mass is 19.1. The molecule has 3 heterocycles. The van der Waals surface area contributed by atoms with Crippen molar-refractivity contribution < 1.29 is 13.9 Å². The summed E-state index contributed by atoms with van der Waals surface area (Å²) in [6.45, 7) is 5.77. The van der Waals surface area contributed by atoms with Crippen LogP contribution in [0.3, 0.4) is 0 Å². The van der Waals surface area contributed by atoms with Crippen LogP contribution >= 0.6 is 0 Å². The van der Waals surface area contributed by atoms with Gasteiger partial charge < -0.3 is 9.64 Å². The van der Waals surface area contributed by atoms with Gasteiger partial charge in [-0.1, -0.05) is 19.1 Å². The second-order valence-electron chi connectivity index (χ2n) is 7.44. The number of carbonyl (C=O) groups excluding carboxylic acids is 1. The third-order valence-corrected chi connectivity index (χ3v) is 5.35. The van der Waals surface area contributed by atoms with Gasteiger partial charge in [0.15, 0.2) is 0 Å². The molecule has 2 aromatic rings. The van der Waals surface area contributed by atoms with Crippen LogP contribution in [0.1, 0.15) is 41.6 Å². The van der Waals surface area contributed by atoms with Crippen molar-refractivity contribution in [3.63, 3.8) is 0 Å². The van der Waals surface area contributed by atoms with Gasteiger partial charge >= 0.3 is 0 Å². The lowest BCUT2D eigenvalue weighted by atomic mass is 9.94. The molecule has 0 unspecified atom stereocenters. The first-order chi connectivity index (χ1) is 13.6. The van der Waals surface area contributed by atoms with E-state index in [1.807, 2.05) is 19.2 Å². The summed E-state index contributed by atoms with van der Waals surface area (Å²) in [5.74, 6) is 0.923. The van der Waals surface area contributed by atoms with E-state index >= 15 is 0 Å². The molecule has 0 saturated carbocycles. The summed E-state index contributed by atoms with van der Waals surface area (Å²) in [4.78, 5) is 23.9. The predicted molar refractivity (Wildman–Crippen MR) is 105 cm³/mol. The van der Waals surface area contributed by atoms with Crippen LogP contribution in [0.5, 0.6) is 0 Å². The average molecular weight is 381 g/mol. The first-order valence-corrected chi connectivity index (χ1v) is 9.72. The second kappa shape index (κ2) is 8.19. The number of hydrogen-bond acceptors (Lipinski definition) is 5. The summed E-state index contributed by atoms with van der Waals surface area (Å²) in [5, 5.41) is 0. The Morgan fingerprint density at radius 3 is 2.75 bits per heavy atom. The molecule has 5 nitrogen and oxygen atoms in total. The van der Waals surface area contributed by atoms with E-state index in [2.05, 4.69) is 14.9 Å². The number of aliphatic imine (C=N–C) groups is 1. The van der Waals surface area contributed by atoms with Gasteiger partial charge in [0.05, 0.1) is 19.8 Å². The quantitative estimate of drug-likeness (QED) is 0.799. The first-order valence-electron chi connectivity index (χ1n) is 9.72. The number of pyridine rings is 1. The summed E-state index contributed by atoms with van der Waals surface area (Å²) in [5.41, 5.74) is 3.96. The molecular weight excluding hydrogens is 357 g/mol. The number of aromatic nitrogens is 1. The molecular formula is C22H24FN3O2. The molecule has 0 amide bonds. The first kappa shape index (κ1) is 18.7. The molecule has 2 aliphatic heterocycles. The van der Waals surface area contributed by atoms with E-state index in [9.17, 15) is 9.18 Å². The monoisotopic (exact) mass is 381 g/mol. The lowest BCUT2D eigenvalue weighted by Gasteiger charge is -2.28. The molecule has 0 N–H and O–H groups in total. The maximum atomic E-state index is 13.1. The second-order valence-corrected chi connectivity index (χ2v) is 7.44. The molecule has 1 aromatic heterocycles. The summed E-state index contributed by atoms with van der Waals surface area (Å²) < 4.78 is 18.5. The van der Waals surface area contributed by atoms with Crippen LogP contribution in [-0.2, 0) is 22.5 Å². The van der Waals surface area contributed by atoms with E-state index in [0.29, 0.717) is 19.4 Å². The van der Waals surface area contributed by atoms with E-state index in [4.69, 9.17) is 4.74 Å². The minimum absolute atomic E-state index is 0.0544. The van der Waals surface area contributed by atoms with Crippen molar-refractivity contribution >= 4 is 11.6 Å². The molecule has 28 heavy (non-hydrogen) atoms. The predicted octanol–water partition coefficient (Wildman–Crippen LogP) is 3.12. The number of rotatable bonds is 5. The lowest BCUT2D eigenvalue weighted by Crippen LogP contribution is -2.40. The van der Waals surface area contributed by atoms with Crippen molar-refractivity contribution in [2.45, 2.75) is 32.2 Å². The Labute approximate surface area is 164 Å². The van der Waals surface area contributed by atoms with Gasteiger partial charge in [-0.25, -0.2) is 4.39 Å². The minimum Gasteiger partial charge on any atom is -0.378 e. The van der Waals surface area contributed by atoms with Gasteiger partial charge in [-0.2, -0.15) is 0 Å². The van der Waals surface area contributed by atoms with Gasteiger partial charge in [0, 0.05) is 43.4 Å². The smallest absolute Gasteiger partial charge is 0.139 e. The lowest BCUT2D eigenvalue weighted by molar-refractivity contribution is -0.118. The largest absolute Gasteiger partial charge is 0.378 e. The molecule has 0 aliphatic carbocycles. The van der Waals surface area contributed by atoms with Crippen LogP contribution in [0.15, 0.2) is 41.5 Å². The normalized spacial score (nSPS) is 17.2. The van der Waals surface area contributed by atoms with Crippen LogP contribution in [0, 0.1) is 5.82 Å². The van der Waals surface area contributed by atoms with Gasteiger partial charge in [0.1, 0.15) is 17.4 Å². The summed E-state index contributed by atoms with van der Waals surface area (Å²) >= 11 is 0. The average Bonchev–Trinajstić information content (AvgIpc) is 3.12. The van der Waals surface area contributed by atoms with Crippen LogP contribution in [0.25, 0.3) is 0 Å². The third kappa shape index (κ3) is 4.12. The number of morpholine rings is 1. The van der Waals surface area contributed by atoms with Crippen LogP contribution < -0.4 is 0 Å². The zero-order valence-electron chi connectivity index (χ0n) is 16.0. The highest BCUT2D eigenvalue weighted by molar-refractivity contribution is 6.01. The van der Waals surface area contributed by atoms with E-state index in [-0.39, 0.29) is 17.5 Å². The molecule has 6 heteroatoms. The Morgan fingerprint density at radius 1 is 1.25 bits per heavy atom. The van der Waals surface area contributed by atoms with Crippen LogP contribution in [0.4, 0.5) is 4.39 Å². The topological polar surface area (TPSA) is 54.8 Å². The van der Waals surface area contributed by atoms with E-state index < -0.39 is 0 Å². The third-order valence-electron chi connectivity index (χ3n) is 5.35. The zero-order valence-corrected chi connectivity index (χ0v) is 16.0. The van der Waals surface area contributed by atoms with E-state index in [1.54, 1.807) is 12.1 Å². The van der Waals surface area contributed by atoms with Crippen molar-refractivity contribution in [2.24, 2.45) is 4.99 Å². The van der Waals surface area contributed by atoms with E-state index in [0.717, 1.165) is 54.5 Å². The van der Waals surface area contributed by atoms with Gasteiger partial charge in [-0.05, 0) is 35.2 Å². The maximum Gasteiger partial charge on any atom is 0.139 e. The van der Waals surface area contributed by atoms with Gasteiger partial charge in [0.2, 0.25) is 0 Å². The fourth-order valence-electron chi connectivity index (χ4n) is 3.79. The fraction of sp³-hybridized carbons (Fsp3) is 0.409. The number of ether oxygens (including phenoxy) is 1. The molecule has 1 saturated heterocycles. The Morgan fingerprint density at radius 2 is 2.00 bits per heavy atom. The SMILES string of the molecule is C[C@@H](CC(=O)Cc1cc2c(cn1)C(N1CCOCC1)=NC2)c1ccc(F)cc1. The Balaban J connectivity index is 1.38. The van der Waals surface area contributed by atoms with Gasteiger partial charge in [0.25, 0.3) is 0 Å². The zero-order chi connectivity index (χ0) is 19.5. The molecule has 2 aliphatic rings. The van der Waals surface area contributed by atoms with Crippen LogP contribution in [-0.4, -0.2) is 47.8 Å².